The molecule has 2 nitrogen and oxygen atoms in total. The van der Waals surface area contributed by atoms with E-state index in [0.29, 0.717) is 0 Å². The minimum absolute atomic E-state index is 0.0633. The number of aryl methyl sites for hydroxylation is 2. The van der Waals surface area contributed by atoms with Crippen molar-refractivity contribution in [3.8, 4) is 11.1 Å². The predicted molar refractivity (Wildman–Crippen MR) is 62.0 cm³/mol. The molecule has 0 spiro atoms. The van der Waals surface area contributed by atoms with Gasteiger partial charge in [0.2, 0.25) is 5.56 Å². The molecule has 2 rings (SSSR count). The van der Waals surface area contributed by atoms with E-state index in [2.05, 4.69) is 37.0 Å². The molecule has 0 saturated carbocycles. The lowest BCUT2D eigenvalue weighted by molar-refractivity contribution is 1.24. The molecule has 0 fully saturated rings. The Bertz CT molecular complexity index is 520. The summed E-state index contributed by atoms with van der Waals surface area (Å²) in [4.78, 5) is 13.8. The third kappa shape index (κ3) is 2.15. The van der Waals surface area contributed by atoms with Gasteiger partial charge >= 0.3 is 0 Å². The fourth-order valence-electron chi connectivity index (χ4n) is 1.77. The standard InChI is InChI=1S/C13H13NO/c1-9-5-10(2)7-12(6-9)11-3-4-14-13(15)8-11/h3-8H,1-2H3,(H,14,15). The molecule has 15 heavy (non-hydrogen) atoms. The van der Waals surface area contributed by atoms with E-state index < -0.39 is 0 Å². The van der Waals surface area contributed by atoms with E-state index in [0.717, 1.165) is 11.1 Å². The van der Waals surface area contributed by atoms with Crippen LogP contribution in [0.2, 0.25) is 0 Å². The molecule has 0 bridgehead atoms. The van der Waals surface area contributed by atoms with Gasteiger partial charge in [-0.15, -0.1) is 0 Å². The van der Waals surface area contributed by atoms with E-state index in [1.807, 2.05) is 6.07 Å². The second-order valence-electron chi connectivity index (χ2n) is 3.82. The zero-order valence-corrected chi connectivity index (χ0v) is 8.87. The number of pyridine rings is 1. The topological polar surface area (TPSA) is 32.9 Å². The monoisotopic (exact) mass is 199 g/mol. The first-order valence-electron chi connectivity index (χ1n) is 4.92. The van der Waals surface area contributed by atoms with Crippen LogP contribution in [0.3, 0.4) is 0 Å². The Morgan fingerprint density at radius 1 is 0.933 bits per heavy atom. The quantitative estimate of drug-likeness (QED) is 0.752. The zero-order chi connectivity index (χ0) is 10.8. The molecular weight excluding hydrogens is 186 g/mol. The zero-order valence-electron chi connectivity index (χ0n) is 8.87. The van der Waals surface area contributed by atoms with Gasteiger partial charge in [-0.25, -0.2) is 0 Å². The van der Waals surface area contributed by atoms with Gasteiger partial charge in [-0.3, -0.25) is 4.79 Å². The number of benzene rings is 1. The largest absolute Gasteiger partial charge is 0.329 e. The van der Waals surface area contributed by atoms with Crippen LogP contribution in [0, 0.1) is 13.8 Å². The lowest BCUT2D eigenvalue weighted by Crippen LogP contribution is -2.02. The fourth-order valence-corrected chi connectivity index (χ4v) is 1.77. The van der Waals surface area contributed by atoms with Crippen LogP contribution in [-0.4, -0.2) is 4.98 Å². The van der Waals surface area contributed by atoms with Gasteiger partial charge in [0.15, 0.2) is 0 Å². The molecule has 2 aromatic rings. The molecule has 0 saturated heterocycles. The first-order valence-corrected chi connectivity index (χ1v) is 4.92. The van der Waals surface area contributed by atoms with Crippen molar-refractivity contribution in [2.75, 3.05) is 0 Å². The number of hydrogen-bond donors (Lipinski definition) is 1. The van der Waals surface area contributed by atoms with Gasteiger partial charge in [-0.1, -0.05) is 29.3 Å². The highest BCUT2D eigenvalue weighted by atomic mass is 16.1. The Kier molecular flexibility index (Phi) is 2.42. The van der Waals surface area contributed by atoms with Crippen molar-refractivity contribution in [2.45, 2.75) is 13.8 Å². The van der Waals surface area contributed by atoms with Gasteiger partial charge in [0, 0.05) is 12.3 Å². The Labute approximate surface area is 88.6 Å². The van der Waals surface area contributed by atoms with Crippen LogP contribution in [0.5, 0.6) is 0 Å². The van der Waals surface area contributed by atoms with E-state index in [9.17, 15) is 4.79 Å². The number of H-pyrrole nitrogens is 1. The number of nitrogens with one attached hydrogen (secondary N) is 1. The molecule has 1 aromatic heterocycles. The minimum atomic E-state index is -0.0633. The average molecular weight is 199 g/mol. The molecule has 0 atom stereocenters. The van der Waals surface area contributed by atoms with Crippen molar-refractivity contribution in [2.24, 2.45) is 0 Å². The molecule has 0 aliphatic carbocycles. The van der Waals surface area contributed by atoms with Gasteiger partial charge in [0.1, 0.15) is 0 Å². The highest BCUT2D eigenvalue weighted by Crippen LogP contribution is 2.20. The maximum Gasteiger partial charge on any atom is 0.248 e. The Hall–Kier alpha value is -1.83. The highest BCUT2D eigenvalue weighted by molar-refractivity contribution is 5.64. The van der Waals surface area contributed by atoms with Gasteiger partial charge in [-0.05, 0) is 31.0 Å². The Morgan fingerprint density at radius 2 is 1.60 bits per heavy atom. The van der Waals surface area contributed by atoms with E-state index >= 15 is 0 Å². The van der Waals surface area contributed by atoms with Crippen LogP contribution >= 0.6 is 0 Å². The van der Waals surface area contributed by atoms with E-state index in [1.54, 1.807) is 12.3 Å². The van der Waals surface area contributed by atoms with Crippen LogP contribution in [0.15, 0.2) is 41.3 Å². The Balaban J connectivity index is 2.58. The van der Waals surface area contributed by atoms with Crippen molar-refractivity contribution < 1.29 is 0 Å². The summed E-state index contributed by atoms with van der Waals surface area (Å²) in [7, 11) is 0. The number of rotatable bonds is 1. The molecule has 0 unspecified atom stereocenters. The summed E-state index contributed by atoms with van der Waals surface area (Å²) in [5, 5.41) is 0. The third-order valence-electron chi connectivity index (χ3n) is 2.33. The highest BCUT2D eigenvalue weighted by Gasteiger charge is 1.99. The molecule has 1 aromatic carbocycles. The van der Waals surface area contributed by atoms with Gasteiger partial charge in [0.05, 0.1) is 0 Å². The van der Waals surface area contributed by atoms with Gasteiger partial charge in [-0.2, -0.15) is 0 Å². The molecule has 0 amide bonds. The molecule has 2 heteroatoms. The summed E-state index contributed by atoms with van der Waals surface area (Å²) >= 11 is 0. The normalized spacial score (nSPS) is 10.3. The summed E-state index contributed by atoms with van der Waals surface area (Å²) in [6.07, 6.45) is 1.68. The van der Waals surface area contributed by atoms with Crippen molar-refractivity contribution in [1.29, 1.82) is 0 Å². The van der Waals surface area contributed by atoms with Crippen molar-refractivity contribution >= 4 is 0 Å². The summed E-state index contributed by atoms with van der Waals surface area (Å²) in [6.45, 7) is 4.12. The van der Waals surface area contributed by atoms with Crippen LogP contribution in [0.25, 0.3) is 11.1 Å². The average Bonchev–Trinajstić information content (AvgIpc) is 2.16. The maximum absolute atomic E-state index is 11.2. The summed E-state index contributed by atoms with van der Waals surface area (Å²) < 4.78 is 0. The van der Waals surface area contributed by atoms with Gasteiger partial charge in [0.25, 0.3) is 0 Å². The SMILES string of the molecule is Cc1cc(C)cc(-c2cc[nH]c(=O)c2)c1. The minimum Gasteiger partial charge on any atom is -0.329 e. The number of aromatic amines is 1. The molecule has 1 heterocycles. The lowest BCUT2D eigenvalue weighted by Gasteiger charge is -2.04. The summed E-state index contributed by atoms with van der Waals surface area (Å²) in [5.41, 5.74) is 4.42. The van der Waals surface area contributed by atoms with Crippen molar-refractivity contribution in [3.63, 3.8) is 0 Å². The van der Waals surface area contributed by atoms with Crippen LogP contribution in [0.1, 0.15) is 11.1 Å². The lowest BCUT2D eigenvalue weighted by atomic mass is 10.0. The summed E-state index contributed by atoms with van der Waals surface area (Å²) in [6, 6.07) is 9.82. The Morgan fingerprint density at radius 3 is 2.20 bits per heavy atom. The van der Waals surface area contributed by atoms with Crippen LogP contribution < -0.4 is 5.56 Å². The first-order chi connectivity index (χ1) is 7.15. The van der Waals surface area contributed by atoms with E-state index in [-0.39, 0.29) is 5.56 Å². The van der Waals surface area contributed by atoms with E-state index in [4.69, 9.17) is 0 Å². The van der Waals surface area contributed by atoms with Crippen LogP contribution in [-0.2, 0) is 0 Å². The molecule has 0 aliphatic rings. The van der Waals surface area contributed by atoms with Crippen molar-refractivity contribution in [3.05, 3.63) is 58.0 Å². The molecule has 76 valence electrons. The van der Waals surface area contributed by atoms with Crippen molar-refractivity contribution in [1.82, 2.24) is 4.98 Å². The van der Waals surface area contributed by atoms with Crippen LogP contribution in [0.4, 0.5) is 0 Å². The maximum atomic E-state index is 11.2. The molecule has 1 N–H and O–H groups in total. The first kappa shape index (κ1) is 9.71. The second-order valence-corrected chi connectivity index (χ2v) is 3.82. The smallest absolute Gasteiger partial charge is 0.248 e. The molecular formula is C13H13NO. The third-order valence-corrected chi connectivity index (χ3v) is 2.33. The number of aromatic nitrogens is 1. The predicted octanol–water partition coefficient (Wildman–Crippen LogP) is 2.66. The van der Waals surface area contributed by atoms with Gasteiger partial charge < -0.3 is 4.98 Å². The summed E-state index contributed by atoms with van der Waals surface area (Å²) in [5.74, 6) is 0. The fraction of sp³-hybridized carbons (Fsp3) is 0.154. The molecule has 0 aliphatic heterocycles. The second kappa shape index (κ2) is 3.73. The van der Waals surface area contributed by atoms with E-state index in [1.165, 1.54) is 11.1 Å². The molecule has 0 radical (unpaired) electrons. The number of hydrogen-bond acceptors (Lipinski definition) is 1.